The molecule has 3 rings (SSSR count). The third kappa shape index (κ3) is 3.94. The molecule has 0 saturated carbocycles. The Morgan fingerprint density at radius 2 is 2.18 bits per heavy atom. The van der Waals surface area contributed by atoms with Gasteiger partial charge in [-0.25, -0.2) is 9.78 Å². The third-order valence-corrected chi connectivity index (χ3v) is 4.48. The van der Waals surface area contributed by atoms with E-state index in [9.17, 15) is 4.79 Å². The average molecular weight is 320 g/mol. The highest BCUT2D eigenvalue weighted by atomic mass is 32.1. The molecule has 1 aromatic heterocycles. The Labute approximate surface area is 133 Å². The normalized spacial score (nSPS) is 17.3. The number of rotatable bonds is 4. The minimum absolute atomic E-state index is 0.0764. The molecule has 0 spiro atoms. The monoisotopic (exact) mass is 320 g/mol. The summed E-state index contributed by atoms with van der Waals surface area (Å²) in [5.41, 5.74) is 0.907. The van der Waals surface area contributed by atoms with Crippen LogP contribution in [0.4, 0.5) is 9.93 Å². The lowest BCUT2D eigenvalue weighted by Gasteiger charge is -2.29. The second-order valence-electron chi connectivity index (χ2n) is 5.40. The van der Waals surface area contributed by atoms with Crippen molar-refractivity contribution in [2.24, 2.45) is 0 Å². The standard InChI is InChI=1S/C15H20N4O2S/c1-11(10-19-6-8-21-9-7-19)16-14(20)18-15-17-12-4-2-3-5-13(12)22-15/h2-5,11H,6-10H2,1H3,(H2,16,17,18,20)/t11-/m0/s1. The summed E-state index contributed by atoms with van der Waals surface area (Å²) in [6.45, 7) is 6.22. The average Bonchev–Trinajstić information content (AvgIpc) is 2.89. The number of amides is 2. The number of hydrogen-bond acceptors (Lipinski definition) is 5. The van der Waals surface area contributed by atoms with Gasteiger partial charge in [0.2, 0.25) is 0 Å². The zero-order valence-electron chi connectivity index (χ0n) is 12.5. The van der Waals surface area contributed by atoms with Gasteiger partial charge in [-0.15, -0.1) is 0 Å². The maximum Gasteiger partial charge on any atom is 0.321 e. The number of carbonyl (C=O) groups is 1. The summed E-state index contributed by atoms with van der Waals surface area (Å²) >= 11 is 1.48. The lowest BCUT2D eigenvalue weighted by molar-refractivity contribution is 0.0350. The fraction of sp³-hybridized carbons (Fsp3) is 0.467. The van der Waals surface area contributed by atoms with Crippen LogP contribution in [-0.4, -0.2) is 54.8 Å². The zero-order valence-corrected chi connectivity index (χ0v) is 13.4. The molecule has 2 heterocycles. The van der Waals surface area contributed by atoms with Crippen LogP contribution in [0.3, 0.4) is 0 Å². The summed E-state index contributed by atoms with van der Waals surface area (Å²) in [5.74, 6) is 0. The second-order valence-corrected chi connectivity index (χ2v) is 6.43. The van der Waals surface area contributed by atoms with E-state index >= 15 is 0 Å². The van der Waals surface area contributed by atoms with Gasteiger partial charge in [0.15, 0.2) is 5.13 Å². The molecule has 1 aliphatic rings. The third-order valence-electron chi connectivity index (χ3n) is 3.53. The summed E-state index contributed by atoms with van der Waals surface area (Å²) in [4.78, 5) is 18.7. The van der Waals surface area contributed by atoms with Crippen molar-refractivity contribution in [3.05, 3.63) is 24.3 Å². The summed E-state index contributed by atoms with van der Waals surface area (Å²) in [7, 11) is 0. The number of anilines is 1. The Morgan fingerprint density at radius 3 is 2.95 bits per heavy atom. The van der Waals surface area contributed by atoms with Gasteiger partial charge in [-0.1, -0.05) is 23.5 Å². The second kappa shape index (κ2) is 7.04. The quantitative estimate of drug-likeness (QED) is 0.906. The highest BCUT2D eigenvalue weighted by Crippen LogP contribution is 2.25. The lowest BCUT2D eigenvalue weighted by Crippen LogP contribution is -2.47. The first-order valence-corrected chi connectivity index (χ1v) is 8.25. The molecule has 22 heavy (non-hydrogen) atoms. The fourth-order valence-electron chi connectivity index (χ4n) is 2.50. The Kier molecular flexibility index (Phi) is 4.87. The van der Waals surface area contributed by atoms with Crippen LogP contribution in [0, 0.1) is 0 Å². The molecule has 7 heteroatoms. The zero-order chi connectivity index (χ0) is 15.4. The maximum absolute atomic E-state index is 12.0. The molecule has 1 atom stereocenters. The molecule has 0 bridgehead atoms. The van der Waals surface area contributed by atoms with Crippen LogP contribution in [0.5, 0.6) is 0 Å². The summed E-state index contributed by atoms with van der Waals surface area (Å²) < 4.78 is 6.39. The van der Waals surface area contributed by atoms with Crippen LogP contribution in [0.25, 0.3) is 10.2 Å². The van der Waals surface area contributed by atoms with Gasteiger partial charge in [0.1, 0.15) is 0 Å². The molecule has 1 aliphatic heterocycles. The minimum atomic E-state index is -0.209. The first-order chi connectivity index (χ1) is 10.7. The van der Waals surface area contributed by atoms with E-state index in [1.165, 1.54) is 11.3 Å². The first kappa shape index (κ1) is 15.2. The van der Waals surface area contributed by atoms with Gasteiger partial charge in [0.05, 0.1) is 23.4 Å². The number of hydrogen-bond donors (Lipinski definition) is 2. The number of morpholine rings is 1. The summed E-state index contributed by atoms with van der Waals surface area (Å²) in [6, 6.07) is 7.71. The van der Waals surface area contributed by atoms with Crippen LogP contribution >= 0.6 is 11.3 Å². The molecule has 2 aromatic rings. The van der Waals surface area contributed by atoms with Crippen LogP contribution in [0.15, 0.2) is 24.3 Å². The van der Waals surface area contributed by atoms with E-state index in [0.29, 0.717) is 5.13 Å². The van der Waals surface area contributed by atoms with Crippen LogP contribution in [0.2, 0.25) is 0 Å². The number of urea groups is 1. The topological polar surface area (TPSA) is 66.5 Å². The van der Waals surface area contributed by atoms with Crippen LogP contribution < -0.4 is 10.6 Å². The van der Waals surface area contributed by atoms with Crippen molar-refractivity contribution in [2.75, 3.05) is 38.2 Å². The Hall–Kier alpha value is -1.70. The fourth-order valence-corrected chi connectivity index (χ4v) is 3.36. The SMILES string of the molecule is C[C@@H](CN1CCOCC1)NC(=O)Nc1nc2ccccc2s1. The molecule has 2 amide bonds. The summed E-state index contributed by atoms with van der Waals surface area (Å²) in [5, 5.41) is 6.39. The predicted octanol–water partition coefficient (Wildman–Crippen LogP) is 2.14. The molecule has 0 aliphatic carbocycles. The smallest absolute Gasteiger partial charge is 0.321 e. The van der Waals surface area contributed by atoms with Crippen molar-refractivity contribution in [2.45, 2.75) is 13.0 Å². The van der Waals surface area contributed by atoms with E-state index in [4.69, 9.17) is 4.74 Å². The number of nitrogens with one attached hydrogen (secondary N) is 2. The van der Waals surface area contributed by atoms with Crippen molar-refractivity contribution in [3.8, 4) is 0 Å². The number of carbonyl (C=O) groups excluding carboxylic acids is 1. The van der Waals surface area contributed by atoms with E-state index < -0.39 is 0 Å². The van der Waals surface area contributed by atoms with Gasteiger partial charge in [-0.05, 0) is 19.1 Å². The predicted molar refractivity (Wildman–Crippen MR) is 88.5 cm³/mol. The van der Waals surface area contributed by atoms with Gasteiger partial charge in [0, 0.05) is 25.7 Å². The number of ether oxygens (including phenoxy) is 1. The Morgan fingerprint density at radius 1 is 1.41 bits per heavy atom. The van der Waals surface area contributed by atoms with Gasteiger partial charge >= 0.3 is 6.03 Å². The first-order valence-electron chi connectivity index (χ1n) is 7.44. The largest absolute Gasteiger partial charge is 0.379 e. The molecule has 0 radical (unpaired) electrons. The van der Waals surface area contributed by atoms with E-state index in [1.54, 1.807) is 0 Å². The van der Waals surface area contributed by atoms with Crippen molar-refractivity contribution < 1.29 is 9.53 Å². The number of nitrogens with zero attached hydrogens (tertiary/aromatic N) is 2. The van der Waals surface area contributed by atoms with E-state index in [0.717, 1.165) is 43.1 Å². The molecule has 6 nitrogen and oxygen atoms in total. The number of aromatic nitrogens is 1. The Bertz CT molecular complexity index is 606. The van der Waals surface area contributed by atoms with Gasteiger partial charge in [-0.3, -0.25) is 10.2 Å². The van der Waals surface area contributed by atoms with E-state index in [2.05, 4.69) is 20.5 Å². The highest BCUT2D eigenvalue weighted by Gasteiger charge is 2.15. The molecule has 1 saturated heterocycles. The van der Waals surface area contributed by atoms with Crippen LogP contribution in [0.1, 0.15) is 6.92 Å². The number of thiazole rings is 1. The van der Waals surface area contributed by atoms with Crippen LogP contribution in [-0.2, 0) is 4.74 Å². The molecule has 118 valence electrons. The molecule has 0 unspecified atom stereocenters. The maximum atomic E-state index is 12.0. The molecule has 2 N–H and O–H groups in total. The number of benzene rings is 1. The molecular weight excluding hydrogens is 300 g/mol. The van der Waals surface area contributed by atoms with E-state index in [-0.39, 0.29) is 12.1 Å². The minimum Gasteiger partial charge on any atom is -0.379 e. The van der Waals surface area contributed by atoms with Crippen molar-refractivity contribution in [1.29, 1.82) is 0 Å². The van der Waals surface area contributed by atoms with E-state index in [1.807, 2.05) is 31.2 Å². The lowest BCUT2D eigenvalue weighted by atomic mass is 10.3. The molecular formula is C15H20N4O2S. The van der Waals surface area contributed by atoms with Gasteiger partial charge in [-0.2, -0.15) is 0 Å². The van der Waals surface area contributed by atoms with Crippen molar-refractivity contribution >= 4 is 32.7 Å². The van der Waals surface area contributed by atoms with Gasteiger partial charge < -0.3 is 10.1 Å². The number of para-hydroxylation sites is 1. The number of fused-ring (bicyclic) bond motifs is 1. The van der Waals surface area contributed by atoms with Crippen molar-refractivity contribution in [1.82, 2.24) is 15.2 Å². The Balaban J connectivity index is 1.50. The molecule has 1 fully saturated rings. The highest BCUT2D eigenvalue weighted by molar-refractivity contribution is 7.22. The molecule has 1 aromatic carbocycles. The summed E-state index contributed by atoms with van der Waals surface area (Å²) in [6.07, 6.45) is 0. The van der Waals surface area contributed by atoms with Crippen molar-refractivity contribution in [3.63, 3.8) is 0 Å². The van der Waals surface area contributed by atoms with Gasteiger partial charge in [0.25, 0.3) is 0 Å².